The van der Waals surface area contributed by atoms with Gasteiger partial charge in [-0.2, -0.15) is 0 Å². The van der Waals surface area contributed by atoms with E-state index in [1.54, 1.807) is 7.11 Å². The summed E-state index contributed by atoms with van der Waals surface area (Å²) >= 11 is 0. The highest BCUT2D eigenvalue weighted by atomic mass is 16.5. The molecular formula is C10H16O2. The van der Waals surface area contributed by atoms with Gasteiger partial charge in [0, 0.05) is 13.5 Å². The largest absolute Gasteiger partial charge is 0.390 e. The molecule has 1 rings (SSSR count). The summed E-state index contributed by atoms with van der Waals surface area (Å²) in [5, 5.41) is 9.58. The molecule has 12 heavy (non-hydrogen) atoms. The van der Waals surface area contributed by atoms with Crippen LogP contribution in [-0.4, -0.2) is 24.4 Å². The van der Waals surface area contributed by atoms with Gasteiger partial charge < -0.3 is 9.84 Å². The molecule has 0 aromatic carbocycles. The fourth-order valence-electron chi connectivity index (χ4n) is 1.36. The van der Waals surface area contributed by atoms with Crippen LogP contribution in [0, 0.1) is 0 Å². The van der Waals surface area contributed by atoms with Crippen molar-refractivity contribution in [3.05, 3.63) is 23.3 Å². The molecule has 1 aliphatic rings. The van der Waals surface area contributed by atoms with Crippen LogP contribution in [0.2, 0.25) is 0 Å². The number of hydrogen-bond donors (Lipinski definition) is 1. The molecule has 0 heterocycles. The molecule has 0 aliphatic heterocycles. The number of aliphatic hydroxyl groups excluding tert-OH is 1. The number of hydrogen-bond acceptors (Lipinski definition) is 2. The van der Waals surface area contributed by atoms with Crippen molar-refractivity contribution in [2.75, 3.05) is 7.11 Å². The van der Waals surface area contributed by atoms with E-state index in [0.717, 1.165) is 0 Å². The first-order chi connectivity index (χ1) is 5.65. The van der Waals surface area contributed by atoms with Crippen LogP contribution in [0.4, 0.5) is 0 Å². The van der Waals surface area contributed by atoms with Gasteiger partial charge in [0.25, 0.3) is 0 Å². The zero-order valence-electron chi connectivity index (χ0n) is 7.87. The maximum Gasteiger partial charge on any atom is 0.102 e. The Kier molecular flexibility index (Phi) is 3.06. The highest BCUT2D eigenvalue weighted by molar-refractivity contribution is 5.28. The van der Waals surface area contributed by atoms with E-state index >= 15 is 0 Å². The summed E-state index contributed by atoms with van der Waals surface area (Å²) in [7, 11) is 1.62. The average molecular weight is 168 g/mol. The Bertz CT molecular complexity index is 212. The lowest BCUT2D eigenvalue weighted by molar-refractivity contribution is 0.0149. The lowest BCUT2D eigenvalue weighted by Crippen LogP contribution is -2.29. The monoisotopic (exact) mass is 168 g/mol. The molecule has 2 unspecified atom stereocenters. The van der Waals surface area contributed by atoms with Crippen LogP contribution in [0.15, 0.2) is 23.3 Å². The molecule has 0 saturated heterocycles. The van der Waals surface area contributed by atoms with Crippen LogP contribution in [-0.2, 0) is 4.74 Å². The third-order valence-electron chi connectivity index (χ3n) is 2.21. The maximum absolute atomic E-state index is 9.58. The van der Waals surface area contributed by atoms with E-state index in [2.05, 4.69) is 13.8 Å². The first-order valence-corrected chi connectivity index (χ1v) is 4.20. The van der Waals surface area contributed by atoms with E-state index in [1.807, 2.05) is 12.2 Å². The van der Waals surface area contributed by atoms with Crippen molar-refractivity contribution in [2.45, 2.75) is 32.5 Å². The Labute approximate surface area is 73.5 Å². The molecule has 0 aromatic heterocycles. The number of ether oxygens (including phenoxy) is 1. The van der Waals surface area contributed by atoms with E-state index in [1.165, 1.54) is 11.1 Å². The quantitative estimate of drug-likeness (QED) is 0.645. The van der Waals surface area contributed by atoms with Gasteiger partial charge in [0.2, 0.25) is 0 Å². The first kappa shape index (κ1) is 9.49. The summed E-state index contributed by atoms with van der Waals surface area (Å²) in [6, 6.07) is 0. The normalized spacial score (nSPS) is 29.2. The number of allylic oxidation sites excluding steroid dienone is 2. The lowest BCUT2D eigenvalue weighted by atomic mass is 9.94. The number of rotatable bonds is 1. The lowest BCUT2D eigenvalue weighted by Gasteiger charge is -2.23. The van der Waals surface area contributed by atoms with E-state index < -0.39 is 0 Å². The van der Waals surface area contributed by atoms with E-state index in [9.17, 15) is 5.11 Å². The van der Waals surface area contributed by atoms with Gasteiger partial charge in [0.1, 0.15) is 6.10 Å². The van der Waals surface area contributed by atoms with E-state index in [0.29, 0.717) is 6.42 Å². The second kappa shape index (κ2) is 3.87. The molecule has 0 fully saturated rings. The van der Waals surface area contributed by atoms with Crippen molar-refractivity contribution in [3.63, 3.8) is 0 Å². The Hall–Kier alpha value is -0.600. The van der Waals surface area contributed by atoms with Crippen molar-refractivity contribution in [1.82, 2.24) is 0 Å². The third kappa shape index (κ3) is 1.96. The van der Waals surface area contributed by atoms with Gasteiger partial charge in [-0.25, -0.2) is 0 Å². The molecule has 68 valence electrons. The molecule has 0 bridgehead atoms. The van der Waals surface area contributed by atoms with Gasteiger partial charge in [0.05, 0.1) is 6.10 Å². The fraction of sp³-hybridized carbons (Fsp3) is 0.600. The predicted molar refractivity (Wildman–Crippen MR) is 48.9 cm³/mol. The molecule has 2 nitrogen and oxygen atoms in total. The minimum absolute atomic E-state index is 0.131. The van der Waals surface area contributed by atoms with Crippen molar-refractivity contribution < 1.29 is 9.84 Å². The molecule has 0 spiro atoms. The standard InChI is InChI=1S/C10H16O2/c1-7(2)8-4-5-10(12-3)9(11)6-8/h4-5,9-11H,6H2,1-3H3. The maximum atomic E-state index is 9.58. The van der Waals surface area contributed by atoms with Crippen LogP contribution in [0.1, 0.15) is 20.3 Å². The van der Waals surface area contributed by atoms with Gasteiger partial charge in [-0.15, -0.1) is 0 Å². The fourth-order valence-corrected chi connectivity index (χ4v) is 1.36. The van der Waals surface area contributed by atoms with Crippen LogP contribution in [0.5, 0.6) is 0 Å². The summed E-state index contributed by atoms with van der Waals surface area (Å²) < 4.78 is 5.07. The van der Waals surface area contributed by atoms with Crippen LogP contribution in [0.3, 0.4) is 0 Å². The average Bonchev–Trinajstić information content (AvgIpc) is 2.04. The first-order valence-electron chi connectivity index (χ1n) is 4.20. The topological polar surface area (TPSA) is 29.5 Å². The predicted octanol–water partition coefficient (Wildman–Crippen LogP) is 1.66. The molecule has 0 radical (unpaired) electrons. The summed E-state index contributed by atoms with van der Waals surface area (Å²) in [5.74, 6) is 0. The Morgan fingerprint density at radius 3 is 2.67 bits per heavy atom. The summed E-state index contributed by atoms with van der Waals surface area (Å²) in [5.41, 5.74) is 2.48. The Morgan fingerprint density at radius 1 is 1.58 bits per heavy atom. The van der Waals surface area contributed by atoms with Crippen molar-refractivity contribution >= 4 is 0 Å². The molecular weight excluding hydrogens is 152 g/mol. The number of aliphatic hydroxyl groups is 1. The zero-order chi connectivity index (χ0) is 9.14. The molecule has 0 saturated carbocycles. The van der Waals surface area contributed by atoms with Gasteiger partial charge in [-0.1, -0.05) is 17.7 Å². The highest BCUT2D eigenvalue weighted by Gasteiger charge is 2.20. The van der Waals surface area contributed by atoms with Crippen molar-refractivity contribution in [3.8, 4) is 0 Å². The van der Waals surface area contributed by atoms with Crippen LogP contribution < -0.4 is 0 Å². The SMILES string of the molecule is COC1C=CC(=C(C)C)CC1O. The minimum Gasteiger partial charge on any atom is -0.390 e. The van der Waals surface area contributed by atoms with E-state index in [4.69, 9.17) is 4.74 Å². The van der Waals surface area contributed by atoms with Crippen molar-refractivity contribution in [2.24, 2.45) is 0 Å². The molecule has 2 heteroatoms. The smallest absolute Gasteiger partial charge is 0.102 e. The van der Waals surface area contributed by atoms with Gasteiger partial charge in [-0.05, 0) is 19.4 Å². The van der Waals surface area contributed by atoms with Crippen molar-refractivity contribution in [1.29, 1.82) is 0 Å². The van der Waals surface area contributed by atoms with E-state index in [-0.39, 0.29) is 12.2 Å². The zero-order valence-corrected chi connectivity index (χ0v) is 7.87. The highest BCUT2D eigenvalue weighted by Crippen LogP contribution is 2.21. The van der Waals surface area contributed by atoms with Crippen LogP contribution in [0.25, 0.3) is 0 Å². The molecule has 2 atom stereocenters. The number of methoxy groups -OCH3 is 1. The molecule has 1 aliphatic carbocycles. The Morgan fingerprint density at radius 2 is 2.25 bits per heavy atom. The molecule has 0 amide bonds. The summed E-state index contributed by atoms with van der Waals surface area (Å²) in [6.45, 7) is 4.11. The summed E-state index contributed by atoms with van der Waals surface area (Å²) in [6.07, 6.45) is 4.14. The van der Waals surface area contributed by atoms with Gasteiger partial charge in [-0.3, -0.25) is 0 Å². The Balaban J connectivity index is 2.77. The second-order valence-electron chi connectivity index (χ2n) is 3.36. The second-order valence-corrected chi connectivity index (χ2v) is 3.36. The molecule has 0 aromatic rings. The molecule has 1 N–H and O–H groups in total. The van der Waals surface area contributed by atoms with Gasteiger partial charge >= 0.3 is 0 Å². The minimum atomic E-state index is -0.384. The summed E-state index contributed by atoms with van der Waals surface area (Å²) in [4.78, 5) is 0. The van der Waals surface area contributed by atoms with Crippen LogP contribution >= 0.6 is 0 Å². The third-order valence-corrected chi connectivity index (χ3v) is 2.21. The van der Waals surface area contributed by atoms with Gasteiger partial charge in [0.15, 0.2) is 0 Å².